The van der Waals surface area contributed by atoms with E-state index in [1.54, 1.807) is 17.7 Å². The van der Waals surface area contributed by atoms with Crippen LogP contribution in [0.25, 0.3) is 0 Å². The van der Waals surface area contributed by atoms with Crippen molar-refractivity contribution in [3.63, 3.8) is 0 Å². The van der Waals surface area contributed by atoms with Gasteiger partial charge in [-0.05, 0) is 51.3 Å². The Balaban J connectivity index is 1.62. The van der Waals surface area contributed by atoms with Crippen LogP contribution < -0.4 is 5.32 Å². The Morgan fingerprint density at radius 3 is 2.70 bits per heavy atom. The Hall–Kier alpha value is -2.97. The molecule has 2 aromatic heterocycles. The van der Waals surface area contributed by atoms with Crippen molar-refractivity contribution in [2.24, 2.45) is 0 Å². The number of carbonyl (C=O) groups is 2. The normalized spacial score (nSPS) is 13.7. The summed E-state index contributed by atoms with van der Waals surface area (Å²) in [7, 11) is 0. The maximum Gasteiger partial charge on any atom is 0.341 e. The van der Waals surface area contributed by atoms with Crippen LogP contribution in [-0.2, 0) is 24.2 Å². The fourth-order valence-corrected chi connectivity index (χ4v) is 5.46. The maximum absolute atomic E-state index is 13.2. The van der Waals surface area contributed by atoms with Crippen LogP contribution in [0.5, 0.6) is 0 Å². The van der Waals surface area contributed by atoms with E-state index in [1.807, 2.05) is 39.0 Å². The van der Waals surface area contributed by atoms with E-state index < -0.39 is 0 Å². The molecule has 0 saturated heterocycles. The smallest absolute Gasteiger partial charge is 0.341 e. The van der Waals surface area contributed by atoms with Gasteiger partial charge in [-0.2, -0.15) is 5.10 Å². The van der Waals surface area contributed by atoms with Gasteiger partial charge in [0.25, 0.3) is 5.91 Å². The minimum Gasteiger partial charge on any atom is -0.462 e. The number of amides is 1. The van der Waals surface area contributed by atoms with Crippen LogP contribution in [0.1, 0.15) is 69.4 Å². The van der Waals surface area contributed by atoms with Gasteiger partial charge >= 0.3 is 5.97 Å². The van der Waals surface area contributed by atoms with Gasteiger partial charge in [0.2, 0.25) is 0 Å². The monoisotopic (exact) mass is 466 g/mol. The third kappa shape index (κ3) is 5.02. The van der Waals surface area contributed by atoms with Gasteiger partial charge < -0.3 is 10.1 Å². The van der Waals surface area contributed by atoms with Crippen LogP contribution >= 0.6 is 11.3 Å². The Morgan fingerprint density at radius 2 is 2.00 bits per heavy atom. The van der Waals surface area contributed by atoms with Crippen LogP contribution in [0.4, 0.5) is 5.00 Å². The van der Waals surface area contributed by atoms with Gasteiger partial charge in [0.05, 0.1) is 17.9 Å². The molecule has 0 fully saturated rings. The number of esters is 1. The van der Waals surface area contributed by atoms with Gasteiger partial charge in [0, 0.05) is 30.6 Å². The van der Waals surface area contributed by atoms with Crippen molar-refractivity contribution in [2.75, 3.05) is 18.5 Å². The topological polar surface area (TPSA) is 76.5 Å². The summed E-state index contributed by atoms with van der Waals surface area (Å²) in [6.45, 7) is 10.3. The summed E-state index contributed by atoms with van der Waals surface area (Å²) < 4.78 is 7.07. The average molecular weight is 467 g/mol. The molecule has 1 aromatic carbocycles. The van der Waals surface area contributed by atoms with E-state index in [2.05, 4.69) is 27.4 Å². The average Bonchev–Trinajstić information content (AvgIpc) is 3.34. The highest BCUT2D eigenvalue weighted by atomic mass is 32.1. The molecule has 3 heterocycles. The first kappa shape index (κ1) is 23.2. The van der Waals surface area contributed by atoms with Crippen molar-refractivity contribution in [1.82, 2.24) is 14.7 Å². The number of carbonyl (C=O) groups excluding carboxylic acids is 2. The van der Waals surface area contributed by atoms with E-state index in [1.165, 1.54) is 16.9 Å². The maximum atomic E-state index is 13.2. The van der Waals surface area contributed by atoms with Crippen LogP contribution in [0.2, 0.25) is 0 Å². The molecule has 4 rings (SSSR count). The van der Waals surface area contributed by atoms with E-state index in [-0.39, 0.29) is 24.5 Å². The largest absolute Gasteiger partial charge is 0.462 e. The van der Waals surface area contributed by atoms with Crippen molar-refractivity contribution >= 4 is 28.2 Å². The zero-order chi connectivity index (χ0) is 23.5. The zero-order valence-corrected chi connectivity index (χ0v) is 20.4. The number of anilines is 1. The summed E-state index contributed by atoms with van der Waals surface area (Å²) in [6, 6.07) is 12.2. The van der Waals surface area contributed by atoms with Gasteiger partial charge in [-0.25, -0.2) is 4.79 Å². The summed E-state index contributed by atoms with van der Waals surface area (Å²) in [5, 5.41) is 7.99. The molecule has 0 atom stereocenters. The summed E-state index contributed by atoms with van der Waals surface area (Å²) in [5.74, 6) is -0.648. The number of rotatable bonds is 7. The predicted molar refractivity (Wildman–Crippen MR) is 130 cm³/mol. The van der Waals surface area contributed by atoms with Gasteiger partial charge in [0.1, 0.15) is 10.7 Å². The molecule has 33 heavy (non-hydrogen) atoms. The molecule has 1 N–H and O–H groups in total. The lowest BCUT2D eigenvalue weighted by molar-refractivity contribution is 0.0526. The Bertz CT molecular complexity index is 1150. The lowest BCUT2D eigenvalue weighted by atomic mass is 10.0. The van der Waals surface area contributed by atoms with E-state index in [0.717, 1.165) is 42.2 Å². The van der Waals surface area contributed by atoms with Crippen molar-refractivity contribution in [3.05, 3.63) is 69.4 Å². The highest BCUT2D eigenvalue weighted by Gasteiger charge is 2.30. The SMILES string of the molecule is CCOC(=O)c1c(NC(=O)c2cc(C)nn2C(C)C)sc2c1CCN(Cc1ccccc1)C2. The number of fused-ring (bicyclic) bond motifs is 1. The molecule has 0 aliphatic carbocycles. The molecule has 1 aliphatic rings. The zero-order valence-electron chi connectivity index (χ0n) is 19.6. The Kier molecular flexibility index (Phi) is 6.95. The fraction of sp³-hybridized carbons (Fsp3) is 0.400. The first-order valence-corrected chi connectivity index (χ1v) is 12.1. The van der Waals surface area contributed by atoms with Gasteiger partial charge in [-0.1, -0.05) is 30.3 Å². The lowest BCUT2D eigenvalue weighted by Crippen LogP contribution is -2.30. The lowest BCUT2D eigenvalue weighted by Gasteiger charge is -2.27. The third-order valence-electron chi connectivity index (χ3n) is 5.67. The molecule has 0 unspecified atom stereocenters. The first-order chi connectivity index (χ1) is 15.9. The summed E-state index contributed by atoms with van der Waals surface area (Å²) in [5.41, 5.74) is 4.01. The summed E-state index contributed by atoms with van der Waals surface area (Å²) in [4.78, 5) is 29.5. The molecular weight excluding hydrogens is 436 g/mol. The van der Waals surface area contributed by atoms with E-state index >= 15 is 0 Å². The molecule has 1 aliphatic heterocycles. The number of aromatic nitrogens is 2. The standard InChI is InChI=1S/C25H30N4O3S/c1-5-32-25(31)22-19-11-12-28(14-18-9-7-6-8-10-18)15-21(19)33-24(22)26-23(30)20-13-17(4)27-29(20)16(2)3/h6-10,13,16H,5,11-12,14-15H2,1-4H3,(H,26,30). The molecule has 0 radical (unpaired) electrons. The number of thiophene rings is 1. The van der Waals surface area contributed by atoms with Gasteiger partial charge in [0.15, 0.2) is 0 Å². The van der Waals surface area contributed by atoms with E-state index in [0.29, 0.717) is 16.3 Å². The first-order valence-electron chi connectivity index (χ1n) is 11.3. The predicted octanol–water partition coefficient (Wildman–Crippen LogP) is 4.82. The van der Waals surface area contributed by atoms with E-state index in [9.17, 15) is 9.59 Å². The molecule has 8 heteroatoms. The highest BCUT2D eigenvalue weighted by Crippen LogP contribution is 2.38. The number of hydrogen-bond acceptors (Lipinski definition) is 6. The Labute approximate surface area is 198 Å². The van der Waals surface area contributed by atoms with Crippen LogP contribution in [0.3, 0.4) is 0 Å². The number of hydrogen-bond donors (Lipinski definition) is 1. The number of nitrogens with zero attached hydrogens (tertiary/aromatic N) is 3. The minimum atomic E-state index is -0.379. The summed E-state index contributed by atoms with van der Waals surface area (Å²) in [6.07, 6.45) is 0.742. The van der Waals surface area contributed by atoms with Crippen LogP contribution in [-0.4, -0.2) is 39.7 Å². The molecule has 1 amide bonds. The molecular formula is C25H30N4O3S. The molecule has 0 spiro atoms. The Morgan fingerprint density at radius 1 is 1.24 bits per heavy atom. The number of nitrogens with one attached hydrogen (secondary N) is 1. The molecule has 0 saturated carbocycles. The second-order valence-electron chi connectivity index (χ2n) is 8.54. The van der Waals surface area contributed by atoms with Crippen molar-refractivity contribution in [3.8, 4) is 0 Å². The molecule has 3 aromatic rings. The molecule has 0 bridgehead atoms. The number of aryl methyl sites for hydroxylation is 1. The van der Waals surface area contributed by atoms with Gasteiger partial charge in [-0.15, -0.1) is 11.3 Å². The van der Waals surface area contributed by atoms with Crippen LogP contribution in [0.15, 0.2) is 36.4 Å². The van der Waals surface area contributed by atoms with E-state index in [4.69, 9.17) is 4.74 Å². The highest BCUT2D eigenvalue weighted by molar-refractivity contribution is 7.17. The fourth-order valence-electron chi connectivity index (χ4n) is 4.19. The second-order valence-corrected chi connectivity index (χ2v) is 9.64. The third-order valence-corrected chi connectivity index (χ3v) is 6.80. The number of benzene rings is 1. The quantitative estimate of drug-likeness (QED) is 0.505. The molecule has 7 nitrogen and oxygen atoms in total. The van der Waals surface area contributed by atoms with Crippen molar-refractivity contribution in [1.29, 1.82) is 0 Å². The second kappa shape index (κ2) is 9.89. The number of ether oxygens (including phenoxy) is 1. The van der Waals surface area contributed by atoms with Crippen LogP contribution in [0, 0.1) is 6.92 Å². The van der Waals surface area contributed by atoms with Crippen molar-refractivity contribution in [2.45, 2.75) is 53.2 Å². The minimum absolute atomic E-state index is 0.0482. The van der Waals surface area contributed by atoms with Gasteiger partial charge in [-0.3, -0.25) is 14.4 Å². The summed E-state index contributed by atoms with van der Waals surface area (Å²) >= 11 is 1.47. The molecule has 174 valence electrons. The van der Waals surface area contributed by atoms with Crippen molar-refractivity contribution < 1.29 is 14.3 Å².